The van der Waals surface area contributed by atoms with Gasteiger partial charge in [-0.3, -0.25) is 0 Å². The third-order valence-corrected chi connectivity index (χ3v) is 2.39. The fourth-order valence-corrected chi connectivity index (χ4v) is 1.50. The third kappa shape index (κ3) is 3.64. The van der Waals surface area contributed by atoms with Gasteiger partial charge in [-0.15, -0.1) is 0 Å². The molecule has 0 unspecified atom stereocenters. The Labute approximate surface area is 87.8 Å². The molecule has 0 bridgehead atoms. The highest BCUT2D eigenvalue weighted by atomic mass is 79.9. The Morgan fingerprint density at radius 2 is 2.31 bits per heavy atom. The van der Waals surface area contributed by atoms with E-state index in [1.165, 1.54) is 5.56 Å². The molecule has 0 aliphatic heterocycles. The van der Waals surface area contributed by atoms with Gasteiger partial charge in [0.05, 0.1) is 0 Å². The zero-order chi connectivity index (χ0) is 9.68. The minimum absolute atomic E-state index is 0.916. The van der Waals surface area contributed by atoms with Gasteiger partial charge in [0.1, 0.15) is 0 Å². The molecule has 0 saturated heterocycles. The van der Waals surface area contributed by atoms with Crippen LogP contribution in [0.3, 0.4) is 0 Å². The summed E-state index contributed by atoms with van der Waals surface area (Å²) in [7, 11) is 0. The summed E-state index contributed by atoms with van der Waals surface area (Å²) in [4.78, 5) is 0. The number of hydrogen-bond donors (Lipinski definition) is 1. The molecule has 0 aliphatic carbocycles. The Kier molecular flexibility index (Phi) is 4.03. The molecule has 0 aromatic heterocycles. The molecule has 2 N–H and O–H groups in total. The van der Waals surface area contributed by atoms with E-state index >= 15 is 0 Å². The van der Waals surface area contributed by atoms with E-state index < -0.39 is 0 Å². The van der Waals surface area contributed by atoms with Crippen LogP contribution in [0.4, 0.5) is 0 Å². The number of hydrogen-bond acceptors (Lipinski definition) is 1. The molecule has 0 spiro atoms. The van der Waals surface area contributed by atoms with E-state index in [4.69, 9.17) is 5.73 Å². The van der Waals surface area contributed by atoms with Crippen LogP contribution in [0.15, 0.2) is 40.5 Å². The molecule has 2 heteroatoms. The van der Waals surface area contributed by atoms with Crippen LogP contribution in [0.5, 0.6) is 0 Å². The number of nitrogens with two attached hydrogens (primary N) is 1. The fraction of sp³-hybridized carbons (Fsp3) is 0.273. The normalized spacial score (nSPS) is 11.7. The third-order valence-electron chi connectivity index (χ3n) is 1.90. The lowest BCUT2D eigenvalue weighted by molar-refractivity contribution is 1.04. The number of halogens is 1. The maximum absolute atomic E-state index is 5.71. The first kappa shape index (κ1) is 10.3. The van der Waals surface area contributed by atoms with Gasteiger partial charge in [-0.1, -0.05) is 41.1 Å². The van der Waals surface area contributed by atoms with E-state index in [1.54, 1.807) is 0 Å². The van der Waals surface area contributed by atoms with Gasteiger partial charge in [0.2, 0.25) is 0 Å². The topological polar surface area (TPSA) is 26.0 Å². The summed E-state index contributed by atoms with van der Waals surface area (Å²) in [6.07, 6.45) is 3.91. The lowest BCUT2D eigenvalue weighted by atomic mass is 10.1. The minimum Gasteiger partial charge on any atom is -0.402 e. The average molecular weight is 240 g/mol. The number of rotatable bonds is 3. The minimum atomic E-state index is 0.916. The summed E-state index contributed by atoms with van der Waals surface area (Å²) in [5.41, 5.74) is 7.95. The molecule has 1 nitrogen and oxygen atoms in total. The van der Waals surface area contributed by atoms with Gasteiger partial charge in [-0.05, 0) is 30.5 Å². The van der Waals surface area contributed by atoms with Crippen molar-refractivity contribution in [1.82, 2.24) is 0 Å². The summed E-state index contributed by atoms with van der Waals surface area (Å²) >= 11 is 3.43. The van der Waals surface area contributed by atoms with E-state index in [0.717, 1.165) is 23.0 Å². The van der Waals surface area contributed by atoms with Gasteiger partial charge in [0.15, 0.2) is 0 Å². The van der Waals surface area contributed by atoms with Gasteiger partial charge in [0, 0.05) is 10.2 Å². The Balaban J connectivity index is 2.64. The first-order chi connectivity index (χ1) is 6.22. The summed E-state index contributed by atoms with van der Waals surface area (Å²) < 4.78 is 1.12. The Bertz CT molecular complexity index is 305. The highest BCUT2D eigenvalue weighted by Crippen LogP contribution is 2.12. The molecule has 0 radical (unpaired) electrons. The van der Waals surface area contributed by atoms with Crippen molar-refractivity contribution in [3.63, 3.8) is 0 Å². The molecule has 70 valence electrons. The zero-order valence-corrected chi connectivity index (χ0v) is 9.34. The highest BCUT2D eigenvalue weighted by molar-refractivity contribution is 9.10. The SMILES string of the molecule is CC/C(N)=C\Cc1cccc(Br)c1. The van der Waals surface area contributed by atoms with Gasteiger partial charge in [-0.2, -0.15) is 0 Å². The van der Waals surface area contributed by atoms with E-state index in [0.29, 0.717) is 0 Å². The maximum atomic E-state index is 5.71. The van der Waals surface area contributed by atoms with Crippen molar-refractivity contribution in [3.05, 3.63) is 46.1 Å². The van der Waals surface area contributed by atoms with Crippen molar-refractivity contribution in [2.75, 3.05) is 0 Å². The predicted octanol–water partition coefficient (Wildman–Crippen LogP) is 3.24. The van der Waals surface area contributed by atoms with Crippen LogP contribution in [-0.4, -0.2) is 0 Å². The lowest BCUT2D eigenvalue weighted by Crippen LogP contribution is -1.95. The molecule has 0 fully saturated rings. The van der Waals surface area contributed by atoms with Gasteiger partial charge in [0.25, 0.3) is 0 Å². The average Bonchev–Trinajstić information content (AvgIpc) is 2.14. The largest absolute Gasteiger partial charge is 0.402 e. The van der Waals surface area contributed by atoms with Crippen LogP contribution in [0.2, 0.25) is 0 Å². The Morgan fingerprint density at radius 3 is 2.92 bits per heavy atom. The standard InChI is InChI=1S/C11H14BrN/c1-2-11(13)7-6-9-4-3-5-10(12)8-9/h3-5,7-8H,2,6,13H2,1H3/b11-7+. The van der Waals surface area contributed by atoms with Gasteiger partial charge in [-0.25, -0.2) is 0 Å². The quantitative estimate of drug-likeness (QED) is 0.862. The van der Waals surface area contributed by atoms with E-state index in [9.17, 15) is 0 Å². The number of benzene rings is 1. The van der Waals surface area contributed by atoms with Crippen molar-refractivity contribution >= 4 is 15.9 Å². The molecule has 0 aliphatic rings. The highest BCUT2D eigenvalue weighted by Gasteiger charge is 1.91. The van der Waals surface area contributed by atoms with Crippen molar-refractivity contribution in [3.8, 4) is 0 Å². The van der Waals surface area contributed by atoms with Crippen molar-refractivity contribution < 1.29 is 0 Å². The van der Waals surface area contributed by atoms with E-state index in [1.807, 2.05) is 12.1 Å². The predicted molar refractivity (Wildman–Crippen MR) is 60.4 cm³/mol. The summed E-state index contributed by atoms with van der Waals surface area (Å²) in [6, 6.07) is 8.27. The van der Waals surface area contributed by atoms with Crippen molar-refractivity contribution in [1.29, 1.82) is 0 Å². The smallest absolute Gasteiger partial charge is 0.0178 e. The van der Waals surface area contributed by atoms with E-state index in [2.05, 4.69) is 41.1 Å². The second-order valence-electron chi connectivity index (χ2n) is 2.97. The summed E-state index contributed by atoms with van der Waals surface area (Å²) in [5, 5.41) is 0. The summed E-state index contributed by atoms with van der Waals surface area (Å²) in [5.74, 6) is 0. The monoisotopic (exact) mass is 239 g/mol. The molecular formula is C11H14BrN. The zero-order valence-electron chi connectivity index (χ0n) is 7.76. The molecule has 1 aromatic rings. The molecular weight excluding hydrogens is 226 g/mol. The number of allylic oxidation sites excluding steroid dienone is 2. The fourth-order valence-electron chi connectivity index (χ4n) is 1.06. The first-order valence-corrected chi connectivity index (χ1v) is 5.20. The van der Waals surface area contributed by atoms with Crippen LogP contribution < -0.4 is 5.73 Å². The molecule has 0 amide bonds. The van der Waals surface area contributed by atoms with Gasteiger partial charge < -0.3 is 5.73 Å². The molecule has 1 aromatic carbocycles. The first-order valence-electron chi connectivity index (χ1n) is 4.41. The molecule has 13 heavy (non-hydrogen) atoms. The van der Waals surface area contributed by atoms with Crippen LogP contribution in [0.1, 0.15) is 18.9 Å². The summed E-state index contributed by atoms with van der Waals surface area (Å²) in [6.45, 7) is 2.06. The van der Waals surface area contributed by atoms with Crippen LogP contribution in [-0.2, 0) is 6.42 Å². The second-order valence-corrected chi connectivity index (χ2v) is 3.88. The molecule has 0 saturated carbocycles. The van der Waals surface area contributed by atoms with Crippen LogP contribution in [0, 0.1) is 0 Å². The maximum Gasteiger partial charge on any atom is 0.0178 e. The molecule has 1 rings (SSSR count). The lowest BCUT2D eigenvalue weighted by Gasteiger charge is -1.99. The molecule has 0 heterocycles. The second kappa shape index (κ2) is 5.07. The van der Waals surface area contributed by atoms with Crippen molar-refractivity contribution in [2.24, 2.45) is 5.73 Å². The van der Waals surface area contributed by atoms with Crippen molar-refractivity contribution in [2.45, 2.75) is 19.8 Å². The van der Waals surface area contributed by atoms with E-state index in [-0.39, 0.29) is 0 Å². The van der Waals surface area contributed by atoms with Crippen LogP contribution in [0.25, 0.3) is 0 Å². The van der Waals surface area contributed by atoms with Crippen LogP contribution >= 0.6 is 15.9 Å². The van der Waals surface area contributed by atoms with Gasteiger partial charge >= 0.3 is 0 Å². The Hall–Kier alpha value is -0.760. The Morgan fingerprint density at radius 1 is 1.54 bits per heavy atom. The molecule has 0 atom stereocenters.